The standard InChI is InChI=1S/C21H26N2O3/c1-15-13-16(6-11-19(15)25-2)14-20(24)23-17-7-9-18(10-8-17)26-21-5-3-4-12-22-21/h3-6,11-13,17-18H,7-10,14H2,1-2H3,(H,23,24). The second-order valence-electron chi connectivity index (χ2n) is 6.81. The summed E-state index contributed by atoms with van der Waals surface area (Å²) in [5, 5.41) is 3.16. The molecular weight excluding hydrogens is 328 g/mol. The highest BCUT2D eigenvalue weighted by Gasteiger charge is 2.23. The highest BCUT2D eigenvalue weighted by Crippen LogP contribution is 2.23. The van der Waals surface area contributed by atoms with Gasteiger partial charge in [0.15, 0.2) is 0 Å². The fourth-order valence-electron chi connectivity index (χ4n) is 3.43. The predicted molar refractivity (Wildman–Crippen MR) is 100 cm³/mol. The minimum absolute atomic E-state index is 0.0728. The van der Waals surface area contributed by atoms with E-state index in [0.29, 0.717) is 12.3 Å². The van der Waals surface area contributed by atoms with Gasteiger partial charge in [-0.25, -0.2) is 4.98 Å². The fourth-order valence-corrected chi connectivity index (χ4v) is 3.43. The molecule has 1 aromatic carbocycles. The summed E-state index contributed by atoms with van der Waals surface area (Å²) in [5.74, 6) is 1.60. The predicted octanol–water partition coefficient (Wildman–Crippen LogP) is 3.45. The first-order chi connectivity index (χ1) is 12.6. The number of rotatable bonds is 6. The van der Waals surface area contributed by atoms with E-state index in [4.69, 9.17) is 9.47 Å². The van der Waals surface area contributed by atoms with Gasteiger partial charge in [0.1, 0.15) is 11.9 Å². The summed E-state index contributed by atoms with van der Waals surface area (Å²) in [7, 11) is 1.66. The number of carbonyl (C=O) groups is 1. The van der Waals surface area contributed by atoms with Crippen molar-refractivity contribution in [1.82, 2.24) is 10.3 Å². The maximum Gasteiger partial charge on any atom is 0.224 e. The highest BCUT2D eigenvalue weighted by atomic mass is 16.5. The molecule has 26 heavy (non-hydrogen) atoms. The summed E-state index contributed by atoms with van der Waals surface area (Å²) in [5.41, 5.74) is 2.05. The lowest BCUT2D eigenvalue weighted by atomic mass is 9.92. The molecule has 0 radical (unpaired) electrons. The number of nitrogens with one attached hydrogen (secondary N) is 1. The molecule has 0 spiro atoms. The largest absolute Gasteiger partial charge is 0.496 e. The number of aryl methyl sites for hydroxylation is 1. The van der Waals surface area contributed by atoms with Crippen LogP contribution in [0.3, 0.4) is 0 Å². The van der Waals surface area contributed by atoms with Crippen molar-refractivity contribution in [2.24, 2.45) is 0 Å². The van der Waals surface area contributed by atoms with Crippen molar-refractivity contribution in [3.63, 3.8) is 0 Å². The Morgan fingerprint density at radius 1 is 1.19 bits per heavy atom. The van der Waals surface area contributed by atoms with Crippen LogP contribution < -0.4 is 14.8 Å². The second kappa shape index (κ2) is 8.70. The molecule has 5 nitrogen and oxygen atoms in total. The zero-order valence-electron chi connectivity index (χ0n) is 15.4. The van der Waals surface area contributed by atoms with E-state index in [0.717, 1.165) is 42.6 Å². The number of amides is 1. The minimum atomic E-state index is 0.0728. The smallest absolute Gasteiger partial charge is 0.224 e. The SMILES string of the molecule is COc1ccc(CC(=O)NC2CCC(Oc3ccccn3)CC2)cc1C. The first-order valence-electron chi connectivity index (χ1n) is 9.14. The van der Waals surface area contributed by atoms with Crippen LogP contribution in [-0.2, 0) is 11.2 Å². The van der Waals surface area contributed by atoms with Crippen molar-refractivity contribution < 1.29 is 14.3 Å². The summed E-state index contributed by atoms with van der Waals surface area (Å²) in [6, 6.07) is 11.8. The Morgan fingerprint density at radius 2 is 2.00 bits per heavy atom. The van der Waals surface area contributed by atoms with Crippen LogP contribution in [0.15, 0.2) is 42.6 Å². The summed E-state index contributed by atoms with van der Waals surface area (Å²) in [6.45, 7) is 1.99. The van der Waals surface area contributed by atoms with Crippen LogP contribution >= 0.6 is 0 Å². The molecule has 0 atom stereocenters. The topological polar surface area (TPSA) is 60.5 Å². The van der Waals surface area contributed by atoms with E-state index in [9.17, 15) is 4.79 Å². The average molecular weight is 354 g/mol. The number of carbonyl (C=O) groups excluding carboxylic acids is 1. The Labute approximate surface area is 154 Å². The lowest BCUT2D eigenvalue weighted by Crippen LogP contribution is -2.40. The molecule has 1 fully saturated rings. The molecule has 1 aliphatic carbocycles. The van der Waals surface area contributed by atoms with Crippen LogP contribution in [0.25, 0.3) is 0 Å². The van der Waals surface area contributed by atoms with Gasteiger partial charge in [-0.2, -0.15) is 0 Å². The van der Waals surface area contributed by atoms with Crippen LogP contribution in [0.2, 0.25) is 0 Å². The molecule has 1 saturated carbocycles. The third-order valence-corrected chi connectivity index (χ3v) is 4.79. The molecule has 1 aliphatic rings. The van der Waals surface area contributed by atoms with Crippen molar-refractivity contribution >= 4 is 5.91 Å². The van der Waals surface area contributed by atoms with Gasteiger partial charge in [0.2, 0.25) is 11.8 Å². The zero-order valence-corrected chi connectivity index (χ0v) is 15.4. The quantitative estimate of drug-likeness (QED) is 0.863. The number of nitrogens with zero attached hydrogens (tertiary/aromatic N) is 1. The molecule has 3 rings (SSSR count). The van der Waals surface area contributed by atoms with Gasteiger partial charge in [-0.15, -0.1) is 0 Å². The van der Waals surface area contributed by atoms with E-state index in [1.54, 1.807) is 13.3 Å². The van der Waals surface area contributed by atoms with Crippen LogP contribution in [0.1, 0.15) is 36.8 Å². The molecule has 5 heteroatoms. The molecule has 0 unspecified atom stereocenters. The highest BCUT2D eigenvalue weighted by molar-refractivity contribution is 5.79. The second-order valence-corrected chi connectivity index (χ2v) is 6.81. The van der Waals surface area contributed by atoms with Gasteiger partial charge in [0.05, 0.1) is 13.5 Å². The monoisotopic (exact) mass is 354 g/mol. The van der Waals surface area contributed by atoms with Crippen molar-refractivity contribution in [2.75, 3.05) is 7.11 Å². The fraction of sp³-hybridized carbons (Fsp3) is 0.429. The molecule has 1 amide bonds. The van der Waals surface area contributed by atoms with Gasteiger partial charge in [0.25, 0.3) is 0 Å². The van der Waals surface area contributed by atoms with Crippen molar-refractivity contribution in [3.8, 4) is 11.6 Å². The van der Waals surface area contributed by atoms with E-state index in [1.807, 2.05) is 43.3 Å². The maximum absolute atomic E-state index is 12.3. The van der Waals surface area contributed by atoms with Crippen molar-refractivity contribution in [2.45, 2.75) is 51.2 Å². The van der Waals surface area contributed by atoms with Crippen LogP contribution in [0, 0.1) is 6.92 Å². The molecule has 2 aromatic rings. The number of hydrogen-bond donors (Lipinski definition) is 1. The molecule has 138 valence electrons. The normalized spacial score (nSPS) is 19.6. The van der Waals surface area contributed by atoms with Crippen molar-refractivity contribution in [3.05, 3.63) is 53.7 Å². The van der Waals surface area contributed by atoms with E-state index in [1.165, 1.54) is 0 Å². The number of benzene rings is 1. The number of methoxy groups -OCH3 is 1. The summed E-state index contributed by atoms with van der Waals surface area (Å²) < 4.78 is 11.2. The molecular formula is C21H26N2O3. The lowest BCUT2D eigenvalue weighted by Gasteiger charge is -2.29. The third kappa shape index (κ3) is 4.97. The Hall–Kier alpha value is -2.56. The number of pyridine rings is 1. The number of aromatic nitrogens is 1. The Kier molecular flexibility index (Phi) is 6.10. The van der Waals surface area contributed by atoms with Gasteiger partial charge >= 0.3 is 0 Å². The van der Waals surface area contributed by atoms with Gasteiger partial charge in [-0.3, -0.25) is 4.79 Å². The van der Waals surface area contributed by atoms with Crippen LogP contribution in [0.5, 0.6) is 11.6 Å². The summed E-state index contributed by atoms with van der Waals surface area (Å²) >= 11 is 0. The lowest BCUT2D eigenvalue weighted by molar-refractivity contribution is -0.121. The third-order valence-electron chi connectivity index (χ3n) is 4.79. The summed E-state index contributed by atoms with van der Waals surface area (Å²) in [4.78, 5) is 16.5. The van der Waals surface area contributed by atoms with E-state index >= 15 is 0 Å². The first kappa shape index (κ1) is 18.2. The minimum Gasteiger partial charge on any atom is -0.496 e. The Morgan fingerprint density at radius 3 is 2.65 bits per heavy atom. The zero-order chi connectivity index (χ0) is 18.4. The Balaban J connectivity index is 1.44. The number of hydrogen-bond acceptors (Lipinski definition) is 4. The van der Waals surface area contributed by atoms with Gasteiger partial charge in [-0.1, -0.05) is 18.2 Å². The first-order valence-corrected chi connectivity index (χ1v) is 9.14. The van der Waals surface area contributed by atoms with Crippen LogP contribution in [0.4, 0.5) is 0 Å². The molecule has 0 saturated heterocycles. The van der Waals surface area contributed by atoms with Crippen molar-refractivity contribution in [1.29, 1.82) is 0 Å². The van der Waals surface area contributed by atoms with Gasteiger partial charge in [0, 0.05) is 18.3 Å². The Bertz CT molecular complexity index is 725. The van der Waals surface area contributed by atoms with Crippen LogP contribution in [-0.4, -0.2) is 30.1 Å². The number of ether oxygens (including phenoxy) is 2. The van der Waals surface area contributed by atoms with E-state index < -0.39 is 0 Å². The molecule has 1 heterocycles. The average Bonchev–Trinajstić information content (AvgIpc) is 2.64. The molecule has 1 aromatic heterocycles. The van der Waals surface area contributed by atoms with Gasteiger partial charge < -0.3 is 14.8 Å². The molecule has 0 bridgehead atoms. The molecule has 1 N–H and O–H groups in total. The summed E-state index contributed by atoms with van der Waals surface area (Å²) in [6.07, 6.45) is 6.06. The van der Waals surface area contributed by atoms with E-state index in [2.05, 4.69) is 10.3 Å². The maximum atomic E-state index is 12.3. The van der Waals surface area contributed by atoms with Gasteiger partial charge in [-0.05, 0) is 55.9 Å². The van der Waals surface area contributed by atoms with E-state index in [-0.39, 0.29) is 18.1 Å². The molecule has 0 aliphatic heterocycles.